The third-order valence-electron chi connectivity index (χ3n) is 18.9. The molecule has 18 unspecified atom stereocenters. The van der Waals surface area contributed by atoms with Crippen molar-refractivity contribution in [2.24, 2.45) is 0 Å². The van der Waals surface area contributed by atoms with E-state index in [1.54, 1.807) is 0 Å². The summed E-state index contributed by atoms with van der Waals surface area (Å²) >= 11 is 0. The fourth-order valence-corrected chi connectivity index (χ4v) is 13.7. The minimum atomic E-state index is -5.69. The van der Waals surface area contributed by atoms with Gasteiger partial charge in [-0.25, -0.2) is 4.57 Å². The summed E-state index contributed by atoms with van der Waals surface area (Å²) in [6.07, 6.45) is 10.3. The lowest BCUT2D eigenvalue weighted by Crippen LogP contribution is -2.69. The summed E-state index contributed by atoms with van der Waals surface area (Å²) in [6.45, 7) is 3.46. The first-order valence-electron chi connectivity index (χ1n) is 37.8. The zero-order chi connectivity index (χ0) is 70.4. The maximum atomic E-state index is 14.3. The molecule has 0 radical (unpaired) electrons. The van der Waals surface area contributed by atoms with Gasteiger partial charge >= 0.3 is 25.7 Å². The van der Waals surface area contributed by atoms with E-state index in [2.05, 4.69) is 20.8 Å². The fraction of sp³-hybridized carbons (Fsp3) is 0.958. The zero-order valence-electron chi connectivity index (χ0n) is 58.9. The molecule has 24 nitrogen and oxygen atoms in total. The van der Waals surface area contributed by atoms with Gasteiger partial charge in [0.15, 0.2) is 18.7 Å². The Morgan fingerprint density at radius 3 is 1.02 bits per heavy atom. The van der Waals surface area contributed by atoms with Crippen molar-refractivity contribution in [3.05, 3.63) is 0 Å². The van der Waals surface area contributed by atoms with E-state index in [-0.39, 0.29) is 19.3 Å². The zero-order valence-corrected chi connectivity index (χ0v) is 59.8. The van der Waals surface area contributed by atoms with Gasteiger partial charge in [-0.05, 0) is 19.3 Å². The van der Waals surface area contributed by atoms with E-state index in [1.807, 2.05) is 0 Å². The first-order valence-corrected chi connectivity index (χ1v) is 39.3. The quantitative estimate of drug-likeness (QED) is 0.0117. The number of carbonyl (C=O) groups excluding carboxylic acids is 3. The highest BCUT2D eigenvalue weighted by Gasteiger charge is 2.58. The van der Waals surface area contributed by atoms with Gasteiger partial charge in [0.25, 0.3) is 0 Å². The van der Waals surface area contributed by atoms with Crippen LogP contribution in [0.1, 0.15) is 303 Å². The molecule has 2 aliphatic heterocycles. The second-order valence-electron chi connectivity index (χ2n) is 27.4. The van der Waals surface area contributed by atoms with Gasteiger partial charge in [0.1, 0.15) is 98.7 Å². The lowest BCUT2D eigenvalue weighted by molar-refractivity contribution is -0.360. The average molecular weight is 1400 g/mol. The van der Waals surface area contributed by atoms with Gasteiger partial charge < -0.3 is 89.1 Å². The Labute approximate surface area is 574 Å². The van der Waals surface area contributed by atoms with E-state index in [4.69, 9.17) is 42.2 Å². The minimum Gasteiger partial charge on any atom is -0.463 e. The fourth-order valence-electron chi connectivity index (χ4n) is 12.7. The summed E-state index contributed by atoms with van der Waals surface area (Å²) in [6, 6.07) is 0. The second-order valence-corrected chi connectivity index (χ2v) is 28.8. The van der Waals surface area contributed by atoms with Gasteiger partial charge in [0, 0.05) is 19.3 Å². The number of aliphatic hydroxyl groups is 10. The van der Waals surface area contributed by atoms with Crippen LogP contribution < -0.4 is 0 Å². The van der Waals surface area contributed by atoms with Gasteiger partial charge in [-0.15, -0.1) is 0 Å². The third-order valence-corrected chi connectivity index (χ3v) is 19.9. The molecule has 0 aromatic carbocycles. The SMILES string of the molecule is CCCCCCCCCCCCCCCCCC(=O)OCC1OC(OC2C(O)C(O)C(O)C(OC3OC(CO)C(O)C(O)C3O)C2OP(=O)(O)OCC(COC(=O)CCCCCCCCCCCCC)OC(=O)CCCCCCCCCCCCCCCCC)C(O)C(O)C1O. The third kappa shape index (κ3) is 36.7. The molecule has 0 bridgehead atoms. The predicted octanol–water partition coefficient (Wildman–Crippen LogP) is 10.2. The second kappa shape index (κ2) is 53.7. The van der Waals surface area contributed by atoms with E-state index in [0.717, 1.165) is 96.3 Å². The number of phosphoric ester groups is 1. The highest BCUT2D eigenvalue weighted by atomic mass is 31.2. The van der Waals surface area contributed by atoms with Crippen molar-refractivity contribution in [3.8, 4) is 0 Å². The number of ether oxygens (including phenoxy) is 7. The van der Waals surface area contributed by atoms with Crippen molar-refractivity contribution in [3.63, 3.8) is 0 Å². The number of phosphoric acid groups is 1. The van der Waals surface area contributed by atoms with Gasteiger partial charge in [0.2, 0.25) is 0 Å². The standard InChI is InChI=1S/C71H133O24P/c1-4-7-10-13-16-19-22-24-26-28-31-34-37-40-43-46-56(74)88-51-54-59(77)61(79)66(84)71(92-54)94-68-64(82)62(80)63(81)67(93-70-65(83)60(78)58(76)53(48-72)91-70)69(68)95-96(85,86)89-50-52(49-87-55(73)45-42-39-36-33-30-21-18-15-12-9-6-3)90-57(75)47-44-41-38-35-32-29-27-25-23-20-17-14-11-8-5-2/h52-54,58-72,76-84H,4-51H2,1-3H3,(H,85,86). The first kappa shape index (κ1) is 88.2. The highest BCUT2D eigenvalue weighted by Crippen LogP contribution is 2.49. The number of esters is 3. The molecule has 0 aromatic rings. The summed E-state index contributed by atoms with van der Waals surface area (Å²) in [5, 5.41) is 110. The molecule has 2 heterocycles. The van der Waals surface area contributed by atoms with Crippen molar-refractivity contribution in [2.75, 3.05) is 26.4 Å². The van der Waals surface area contributed by atoms with E-state index < -0.39 is 156 Å². The van der Waals surface area contributed by atoms with Crippen LogP contribution in [0.15, 0.2) is 0 Å². The number of aliphatic hydroxyl groups excluding tert-OH is 10. The van der Waals surface area contributed by atoms with Gasteiger partial charge in [-0.3, -0.25) is 23.4 Å². The largest absolute Gasteiger partial charge is 0.472 e. The molecule has 11 N–H and O–H groups in total. The Bertz CT molecular complexity index is 1990. The summed E-state index contributed by atoms with van der Waals surface area (Å²) in [4.78, 5) is 50.9. The highest BCUT2D eigenvalue weighted by molar-refractivity contribution is 7.47. The minimum absolute atomic E-state index is 0.0332. The molecule has 96 heavy (non-hydrogen) atoms. The van der Waals surface area contributed by atoms with Crippen LogP contribution in [-0.2, 0) is 61.2 Å². The van der Waals surface area contributed by atoms with Crippen LogP contribution in [-0.4, -0.2) is 204 Å². The Morgan fingerprint density at radius 1 is 0.365 bits per heavy atom. The molecule has 25 heteroatoms. The molecule has 2 saturated heterocycles. The molecule has 3 fully saturated rings. The van der Waals surface area contributed by atoms with E-state index in [9.17, 15) is 74.9 Å². The summed E-state index contributed by atoms with van der Waals surface area (Å²) in [7, 11) is -5.69. The maximum Gasteiger partial charge on any atom is 0.472 e. The van der Waals surface area contributed by atoms with Gasteiger partial charge in [0.05, 0.1) is 13.2 Å². The van der Waals surface area contributed by atoms with Crippen molar-refractivity contribution in [1.29, 1.82) is 0 Å². The molecule has 3 aliphatic rings. The molecule has 0 spiro atoms. The van der Waals surface area contributed by atoms with E-state index in [1.165, 1.54) is 148 Å². The summed E-state index contributed by atoms with van der Waals surface area (Å²) < 4.78 is 65.0. The van der Waals surface area contributed by atoms with Crippen LogP contribution in [0.2, 0.25) is 0 Å². The molecule has 566 valence electrons. The predicted molar refractivity (Wildman–Crippen MR) is 361 cm³/mol. The lowest BCUT2D eigenvalue weighted by atomic mass is 9.84. The van der Waals surface area contributed by atoms with Crippen LogP contribution in [0, 0.1) is 0 Å². The van der Waals surface area contributed by atoms with Gasteiger partial charge in [-0.2, -0.15) is 0 Å². The molecular weight excluding hydrogens is 1270 g/mol. The van der Waals surface area contributed by atoms with Crippen LogP contribution in [0.5, 0.6) is 0 Å². The number of hydrogen-bond donors (Lipinski definition) is 11. The summed E-state index contributed by atoms with van der Waals surface area (Å²) in [5.41, 5.74) is 0. The lowest BCUT2D eigenvalue weighted by Gasteiger charge is -2.49. The normalized spacial score (nSPS) is 27.9. The number of carbonyl (C=O) groups is 3. The Morgan fingerprint density at radius 2 is 0.667 bits per heavy atom. The monoisotopic (exact) mass is 1400 g/mol. The molecule has 0 amide bonds. The molecule has 1 aliphatic carbocycles. The van der Waals surface area contributed by atoms with Crippen LogP contribution >= 0.6 is 7.82 Å². The summed E-state index contributed by atoms with van der Waals surface area (Å²) in [5.74, 6) is -1.97. The number of unbranched alkanes of at least 4 members (excludes halogenated alkanes) is 38. The molecule has 3 rings (SSSR count). The van der Waals surface area contributed by atoms with Crippen LogP contribution in [0.25, 0.3) is 0 Å². The number of hydrogen-bond acceptors (Lipinski definition) is 23. The topological polar surface area (TPSA) is 374 Å². The van der Waals surface area contributed by atoms with E-state index in [0.29, 0.717) is 19.3 Å². The van der Waals surface area contributed by atoms with Crippen molar-refractivity contribution in [1.82, 2.24) is 0 Å². The molecule has 1 saturated carbocycles. The maximum absolute atomic E-state index is 14.3. The van der Waals surface area contributed by atoms with Crippen molar-refractivity contribution in [2.45, 2.75) is 407 Å². The number of rotatable bonds is 59. The Balaban J connectivity index is 1.72. The van der Waals surface area contributed by atoms with Gasteiger partial charge in [-0.1, -0.05) is 265 Å². The molecule has 18 atom stereocenters. The molecule has 0 aromatic heterocycles. The van der Waals surface area contributed by atoms with Crippen molar-refractivity contribution < 1.29 is 117 Å². The van der Waals surface area contributed by atoms with Crippen LogP contribution in [0.3, 0.4) is 0 Å². The Hall–Kier alpha value is -2.04. The first-order chi connectivity index (χ1) is 46.3. The smallest absolute Gasteiger partial charge is 0.463 e. The van der Waals surface area contributed by atoms with Crippen LogP contribution in [0.4, 0.5) is 0 Å². The average Bonchev–Trinajstić information content (AvgIpc) is 0.764. The molecular formula is C71H133O24P. The van der Waals surface area contributed by atoms with E-state index >= 15 is 0 Å². The van der Waals surface area contributed by atoms with Crippen molar-refractivity contribution >= 4 is 25.7 Å². The Kier molecular flexibility index (Phi) is 49.4.